The van der Waals surface area contributed by atoms with Crippen LogP contribution in [-0.4, -0.2) is 0 Å². The number of hydrogen-bond donors (Lipinski definition) is 1. The van der Waals surface area contributed by atoms with Gasteiger partial charge in [-0.05, 0) is 42.5 Å². The maximum atomic E-state index is 6.00. The Balaban J connectivity index is 2.63. The van der Waals surface area contributed by atoms with Crippen molar-refractivity contribution >= 4 is 15.9 Å². The zero-order chi connectivity index (χ0) is 8.72. The highest BCUT2D eigenvalue weighted by Gasteiger charge is 2.21. The minimum Gasteiger partial charge on any atom is -0.324 e. The summed E-state index contributed by atoms with van der Waals surface area (Å²) in [5, 5.41) is 0. The molecule has 2 N–H and O–H groups in total. The van der Waals surface area contributed by atoms with Crippen LogP contribution < -0.4 is 5.73 Å². The molecule has 1 nitrogen and oxygen atoms in total. The molecule has 0 aliphatic heterocycles. The number of hydrogen-bond acceptors (Lipinski definition) is 1. The summed E-state index contributed by atoms with van der Waals surface area (Å²) >= 11 is 3.52. The lowest BCUT2D eigenvalue weighted by Crippen LogP contribution is -2.07. The molecule has 64 valence electrons. The van der Waals surface area contributed by atoms with Crippen molar-refractivity contribution in [1.29, 1.82) is 0 Å². The molecule has 0 unspecified atom stereocenters. The first-order valence-electron chi connectivity index (χ1n) is 4.23. The third kappa shape index (κ3) is 1.10. The third-order valence-electron chi connectivity index (χ3n) is 2.63. The Bertz CT molecular complexity index is 320. The van der Waals surface area contributed by atoms with E-state index < -0.39 is 0 Å². The Morgan fingerprint density at radius 2 is 2.25 bits per heavy atom. The fourth-order valence-corrected chi connectivity index (χ4v) is 2.29. The molecule has 0 amide bonds. The van der Waals surface area contributed by atoms with Crippen LogP contribution in [0.4, 0.5) is 0 Å². The van der Waals surface area contributed by atoms with Crippen LogP contribution in [0.15, 0.2) is 16.6 Å². The van der Waals surface area contributed by atoms with Crippen LogP contribution in [0.2, 0.25) is 0 Å². The van der Waals surface area contributed by atoms with Gasteiger partial charge in [-0.15, -0.1) is 0 Å². The van der Waals surface area contributed by atoms with Crippen molar-refractivity contribution in [3.8, 4) is 0 Å². The van der Waals surface area contributed by atoms with Crippen LogP contribution in [0.25, 0.3) is 0 Å². The molecule has 2 heteroatoms. The van der Waals surface area contributed by atoms with Crippen molar-refractivity contribution in [2.45, 2.75) is 25.8 Å². The molecule has 12 heavy (non-hydrogen) atoms. The molecule has 1 aliphatic rings. The van der Waals surface area contributed by atoms with Crippen LogP contribution in [0, 0.1) is 6.92 Å². The Morgan fingerprint density at radius 3 is 3.00 bits per heavy atom. The number of fused-ring (bicyclic) bond motifs is 1. The van der Waals surface area contributed by atoms with Crippen LogP contribution >= 0.6 is 15.9 Å². The zero-order valence-electron chi connectivity index (χ0n) is 7.10. The Kier molecular flexibility index (Phi) is 1.97. The van der Waals surface area contributed by atoms with Gasteiger partial charge in [0.2, 0.25) is 0 Å². The molecule has 0 bridgehead atoms. The molecule has 0 saturated carbocycles. The van der Waals surface area contributed by atoms with Crippen LogP contribution in [0.3, 0.4) is 0 Å². The van der Waals surface area contributed by atoms with Crippen molar-refractivity contribution in [3.05, 3.63) is 33.3 Å². The SMILES string of the molecule is Cc1c(Br)ccc2c1[C@@H](N)CC2. The van der Waals surface area contributed by atoms with Crippen molar-refractivity contribution in [1.82, 2.24) is 0 Å². The molecule has 0 spiro atoms. The van der Waals surface area contributed by atoms with Gasteiger partial charge in [-0.3, -0.25) is 0 Å². The van der Waals surface area contributed by atoms with Gasteiger partial charge >= 0.3 is 0 Å². The van der Waals surface area contributed by atoms with Gasteiger partial charge in [0.05, 0.1) is 0 Å². The number of halogens is 1. The molecule has 0 heterocycles. The van der Waals surface area contributed by atoms with Crippen LogP contribution in [0.1, 0.15) is 29.2 Å². The van der Waals surface area contributed by atoms with Crippen LogP contribution in [-0.2, 0) is 6.42 Å². The molecule has 0 fully saturated rings. The molecule has 1 atom stereocenters. The van der Waals surface area contributed by atoms with Crippen LogP contribution in [0.5, 0.6) is 0 Å². The summed E-state index contributed by atoms with van der Waals surface area (Å²) in [6.07, 6.45) is 2.25. The summed E-state index contributed by atoms with van der Waals surface area (Å²) in [5.41, 5.74) is 10.1. The van der Waals surface area contributed by atoms with Crippen molar-refractivity contribution in [2.24, 2.45) is 5.73 Å². The normalized spacial score (nSPS) is 21.1. The van der Waals surface area contributed by atoms with Crippen molar-refractivity contribution < 1.29 is 0 Å². The molecule has 1 aliphatic carbocycles. The van der Waals surface area contributed by atoms with E-state index in [-0.39, 0.29) is 6.04 Å². The molecule has 0 radical (unpaired) electrons. The average molecular weight is 226 g/mol. The first kappa shape index (κ1) is 8.27. The van der Waals surface area contributed by atoms with E-state index in [2.05, 4.69) is 35.0 Å². The van der Waals surface area contributed by atoms with E-state index in [9.17, 15) is 0 Å². The predicted molar refractivity (Wildman–Crippen MR) is 54.1 cm³/mol. The van der Waals surface area contributed by atoms with E-state index in [1.165, 1.54) is 21.2 Å². The quantitative estimate of drug-likeness (QED) is 0.723. The second-order valence-corrected chi connectivity index (χ2v) is 4.24. The van der Waals surface area contributed by atoms with E-state index in [4.69, 9.17) is 5.73 Å². The number of nitrogens with two attached hydrogens (primary N) is 1. The van der Waals surface area contributed by atoms with Crippen molar-refractivity contribution in [2.75, 3.05) is 0 Å². The molecule has 2 rings (SSSR count). The second kappa shape index (κ2) is 2.86. The highest BCUT2D eigenvalue weighted by atomic mass is 79.9. The Hall–Kier alpha value is -0.340. The van der Waals surface area contributed by atoms with Gasteiger partial charge < -0.3 is 5.73 Å². The highest BCUT2D eigenvalue weighted by molar-refractivity contribution is 9.10. The second-order valence-electron chi connectivity index (χ2n) is 3.39. The van der Waals surface area contributed by atoms with Gasteiger partial charge in [0.25, 0.3) is 0 Å². The Labute approximate surface area is 81.1 Å². The lowest BCUT2D eigenvalue weighted by atomic mass is 10.0. The number of rotatable bonds is 0. The predicted octanol–water partition coefficient (Wildman–Crippen LogP) is 2.70. The number of benzene rings is 1. The maximum Gasteiger partial charge on any atom is 0.0303 e. The van der Waals surface area contributed by atoms with E-state index in [0.717, 1.165) is 12.8 Å². The molecule has 1 aromatic carbocycles. The summed E-state index contributed by atoms with van der Waals surface area (Å²) < 4.78 is 1.18. The van der Waals surface area contributed by atoms with E-state index in [0.29, 0.717) is 0 Å². The third-order valence-corrected chi connectivity index (χ3v) is 3.49. The summed E-state index contributed by atoms with van der Waals surface area (Å²) in [7, 11) is 0. The maximum absolute atomic E-state index is 6.00. The first-order chi connectivity index (χ1) is 5.70. The van der Waals surface area contributed by atoms with Gasteiger partial charge in [-0.25, -0.2) is 0 Å². The first-order valence-corrected chi connectivity index (χ1v) is 5.03. The largest absolute Gasteiger partial charge is 0.324 e. The van der Waals surface area contributed by atoms with E-state index in [1.54, 1.807) is 0 Å². The van der Waals surface area contributed by atoms with Gasteiger partial charge in [-0.2, -0.15) is 0 Å². The summed E-state index contributed by atoms with van der Waals surface area (Å²) in [5.74, 6) is 0. The lowest BCUT2D eigenvalue weighted by Gasteiger charge is -2.09. The summed E-state index contributed by atoms with van der Waals surface area (Å²) in [6.45, 7) is 2.13. The summed E-state index contributed by atoms with van der Waals surface area (Å²) in [6, 6.07) is 4.56. The van der Waals surface area contributed by atoms with Gasteiger partial charge in [0.15, 0.2) is 0 Å². The highest BCUT2D eigenvalue weighted by Crippen LogP contribution is 2.34. The minimum absolute atomic E-state index is 0.262. The molecule has 0 aromatic heterocycles. The standard InChI is InChI=1S/C10H12BrN/c1-6-8(11)4-2-7-3-5-9(12)10(6)7/h2,4,9H,3,5,12H2,1H3/t9-/m0/s1. The smallest absolute Gasteiger partial charge is 0.0303 e. The lowest BCUT2D eigenvalue weighted by molar-refractivity contribution is 0.710. The molecule has 0 saturated heterocycles. The van der Waals surface area contributed by atoms with E-state index in [1.807, 2.05) is 0 Å². The van der Waals surface area contributed by atoms with Crippen molar-refractivity contribution in [3.63, 3.8) is 0 Å². The zero-order valence-corrected chi connectivity index (χ0v) is 8.69. The topological polar surface area (TPSA) is 26.0 Å². The summed E-state index contributed by atoms with van der Waals surface area (Å²) in [4.78, 5) is 0. The minimum atomic E-state index is 0.262. The molecular formula is C10H12BrN. The van der Waals surface area contributed by atoms with Gasteiger partial charge in [-0.1, -0.05) is 22.0 Å². The van der Waals surface area contributed by atoms with E-state index >= 15 is 0 Å². The average Bonchev–Trinajstić information content (AvgIpc) is 2.41. The fraction of sp³-hybridized carbons (Fsp3) is 0.400. The molecule has 1 aromatic rings. The Morgan fingerprint density at radius 1 is 1.50 bits per heavy atom. The van der Waals surface area contributed by atoms with Gasteiger partial charge in [0.1, 0.15) is 0 Å². The van der Waals surface area contributed by atoms with Gasteiger partial charge in [0, 0.05) is 10.5 Å². The fourth-order valence-electron chi connectivity index (χ4n) is 1.95. The number of aryl methyl sites for hydroxylation is 1. The molecular weight excluding hydrogens is 214 g/mol. The monoisotopic (exact) mass is 225 g/mol.